The van der Waals surface area contributed by atoms with Crippen molar-refractivity contribution in [1.29, 1.82) is 5.26 Å². The van der Waals surface area contributed by atoms with Gasteiger partial charge in [0.1, 0.15) is 12.1 Å². The lowest BCUT2D eigenvalue weighted by molar-refractivity contribution is -0.136. The summed E-state index contributed by atoms with van der Waals surface area (Å²) in [6.07, 6.45) is 2.99. The summed E-state index contributed by atoms with van der Waals surface area (Å²) in [5, 5.41) is 14.4. The van der Waals surface area contributed by atoms with Crippen molar-refractivity contribution < 1.29 is 14.4 Å². The van der Waals surface area contributed by atoms with Gasteiger partial charge in [-0.3, -0.25) is 14.5 Å². The van der Waals surface area contributed by atoms with Gasteiger partial charge < -0.3 is 10.6 Å². The maximum absolute atomic E-state index is 13.0. The van der Waals surface area contributed by atoms with Crippen LogP contribution >= 0.6 is 0 Å². The van der Waals surface area contributed by atoms with E-state index in [0.29, 0.717) is 24.3 Å². The molecule has 4 amide bonds. The topological polar surface area (TPSA) is 102 Å². The minimum Gasteiger partial charge on any atom is -0.350 e. The van der Waals surface area contributed by atoms with Gasteiger partial charge in [0.2, 0.25) is 5.91 Å². The Bertz CT molecular complexity index is 840. The average Bonchev–Trinajstić information content (AvgIpc) is 2.90. The number of carbonyl (C=O) groups is 3. The van der Waals surface area contributed by atoms with Crippen molar-refractivity contribution in [2.24, 2.45) is 11.3 Å². The Labute approximate surface area is 171 Å². The van der Waals surface area contributed by atoms with Gasteiger partial charge in [-0.2, -0.15) is 5.26 Å². The summed E-state index contributed by atoms with van der Waals surface area (Å²) in [6, 6.07) is 8.42. The molecule has 3 rings (SSSR count). The highest BCUT2D eigenvalue weighted by Crippen LogP contribution is 2.43. The van der Waals surface area contributed by atoms with E-state index in [2.05, 4.69) is 31.4 Å². The second-order valence-electron chi connectivity index (χ2n) is 9.13. The Morgan fingerprint density at radius 2 is 1.86 bits per heavy atom. The van der Waals surface area contributed by atoms with Crippen LogP contribution in [-0.2, 0) is 16.1 Å². The van der Waals surface area contributed by atoms with Crippen LogP contribution in [0.1, 0.15) is 57.6 Å². The maximum atomic E-state index is 13.0. The SMILES string of the molecule is CC(C)(C)C1CCC2(CC1)NC(=O)N(CC(=O)NCc1ccc(C#N)cc1)C2=O. The van der Waals surface area contributed by atoms with Crippen molar-refractivity contribution in [3.63, 3.8) is 0 Å². The fourth-order valence-electron chi connectivity index (χ4n) is 4.23. The van der Waals surface area contributed by atoms with E-state index in [-0.39, 0.29) is 24.4 Å². The van der Waals surface area contributed by atoms with Crippen LogP contribution in [0.3, 0.4) is 0 Å². The van der Waals surface area contributed by atoms with Gasteiger partial charge in [-0.15, -0.1) is 0 Å². The molecular weight excluding hydrogens is 368 g/mol. The summed E-state index contributed by atoms with van der Waals surface area (Å²) >= 11 is 0. The van der Waals surface area contributed by atoms with Gasteiger partial charge >= 0.3 is 6.03 Å². The second kappa shape index (κ2) is 7.86. The molecule has 0 unspecified atom stereocenters. The Hall–Kier alpha value is -2.88. The predicted octanol–water partition coefficient (Wildman–Crippen LogP) is 2.70. The molecule has 1 aliphatic carbocycles. The highest BCUT2D eigenvalue weighted by atomic mass is 16.2. The van der Waals surface area contributed by atoms with Crippen molar-refractivity contribution in [3.05, 3.63) is 35.4 Å². The highest BCUT2D eigenvalue weighted by molar-refractivity contribution is 6.09. The number of imide groups is 1. The van der Waals surface area contributed by atoms with Crippen LogP contribution in [0.15, 0.2) is 24.3 Å². The van der Waals surface area contributed by atoms with E-state index in [4.69, 9.17) is 5.26 Å². The zero-order chi connectivity index (χ0) is 21.2. The molecule has 1 aliphatic heterocycles. The van der Waals surface area contributed by atoms with E-state index in [1.54, 1.807) is 24.3 Å². The quantitative estimate of drug-likeness (QED) is 0.764. The number of urea groups is 1. The molecule has 0 aromatic heterocycles. The van der Waals surface area contributed by atoms with Gasteiger partial charge in [0.25, 0.3) is 5.91 Å². The van der Waals surface area contributed by atoms with Crippen molar-refractivity contribution >= 4 is 17.8 Å². The van der Waals surface area contributed by atoms with Gasteiger partial charge in [0, 0.05) is 6.54 Å². The first-order valence-corrected chi connectivity index (χ1v) is 10.0. The highest BCUT2D eigenvalue weighted by Gasteiger charge is 2.53. The third kappa shape index (κ3) is 4.42. The van der Waals surface area contributed by atoms with E-state index in [1.165, 1.54) is 0 Å². The smallest absolute Gasteiger partial charge is 0.325 e. The van der Waals surface area contributed by atoms with E-state index in [9.17, 15) is 14.4 Å². The van der Waals surface area contributed by atoms with Crippen LogP contribution in [0, 0.1) is 22.7 Å². The first-order valence-electron chi connectivity index (χ1n) is 10.0. The molecular formula is C22H28N4O3. The second-order valence-corrected chi connectivity index (χ2v) is 9.13. The number of nitriles is 1. The van der Waals surface area contributed by atoms with Crippen LogP contribution in [-0.4, -0.2) is 34.8 Å². The third-order valence-electron chi connectivity index (χ3n) is 6.18. The van der Waals surface area contributed by atoms with Crippen LogP contribution in [0.5, 0.6) is 0 Å². The van der Waals surface area contributed by atoms with Crippen LogP contribution in [0.4, 0.5) is 4.79 Å². The lowest BCUT2D eigenvalue weighted by Gasteiger charge is -2.40. The number of benzene rings is 1. The van der Waals surface area contributed by atoms with E-state index < -0.39 is 17.5 Å². The summed E-state index contributed by atoms with van der Waals surface area (Å²) in [5.41, 5.74) is 0.710. The molecule has 0 radical (unpaired) electrons. The number of amides is 4. The lowest BCUT2D eigenvalue weighted by atomic mass is 9.67. The van der Waals surface area contributed by atoms with Crippen LogP contribution in [0.2, 0.25) is 0 Å². The number of nitrogens with one attached hydrogen (secondary N) is 2. The normalized spacial score (nSPS) is 24.3. The summed E-state index contributed by atoms with van der Waals surface area (Å²) < 4.78 is 0. The summed E-state index contributed by atoms with van der Waals surface area (Å²) in [7, 11) is 0. The number of nitrogens with zero attached hydrogens (tertiary/aromatic N) is 2. The molecule has 7 nitrogen and oxygen atoms in total. The zero-order valence-corrected chi connectivity index (χ0v) is 17.2. The zero-order valence-electron chi connectivity index (χ0n) is 17.2. The van der Waals surface area contributed by atoms with Crippen LogP contribution < -0.4 is 10.6 Å². The van der Waals surface area contributed by atoms with Gasteiger partial charge in [-0.1, -0.05) is 32.9 Å². The van der Waals surface area contributed by atoms with Gasteiger partial charge in [0.05, 0.1) is 11.6 Å². The predicted molar refractivity (Wildman–Crippen MR) is 107 cm³/mol. The molecule has 1 saturated heterocycles. The average molecular weight is 396 g/mol. The van der Waals surface area contributed by atoms with Crippen molar-refractivity contribution in [1.82, 2.24) is 15.5 Å². The van der Waals surface area contributed by atoms with Gasteiger partial charge in [-0.25, -0.2) is 4.79 Å². The third-order valence-corrected chi connectivity index (χ3v) is 6.18. The van der Waals surface area contributed by atoms with Crippen LogP contribution in [0.25, 0.3) is 0 Å². The summed E-state index contributed by atoms with van der Waals surface area (Å²) in [5.74, 6) is -0.163. The largest absolute Gasteiger partial charge is 0.350 e. The van der Waals surface area contributed by atoms with Crippen molar-refractivity contribution in [2.45, 2.75) is 58.5 Å². The van der Waals surface area contributed by atoms with E-state index in [0.717, 1.165) is 23.3 Å². The first-order chi connectivity index (χ1) is 13.6. The Balaban J connectivity index is 1.56. The Morgan fingerprint density at radius 1 is 1.24 bits per heavy atom. The summed E-state index contributed by atoms with van der Waals surface area (Å²) in [6.45, 7) is 6.59. The number of rotatable bonds is 4. The molecule has 0 bridgehead atoms. The first kappa shape index (κ1) is 20.8. The standard InChI is InChI=1S/C22H28N4O3/c1-21(2,3)17-8-10-22(11-9-17)19(28)26(20(29)25-22)14-18(27)24-13-16-6-4-15(12-23)5-7-16/h4-7,17H,8-11,13-14H2,1-3H3,(H,24,27)(H,25,29). The van der Waals surface area contributed by atoms with Crippen molar-refractivity contribution in [2.75, 3.05) is 6.54 Å². The number of carbonyl (C=O) groups excluding carboxylic acids is 3. The number of hydrogen-bond donors (Lipinski definition) is 2. The molecule has 2 fully saturated rings. The molecule has 2 aliphatic rings. The van der Waals surface area contributed by atoms with Gasteiger partial charge in [0.15, 0.2) is 0 Å². The maximum Gasteiger partial charge on any atom is 0.325 e. The molecule has 7 heteroatoms. The fourth-order valence-corrected chi connectivity index (χ4v) is 4.23. The molecule has 2 N–H and O–H groups in total. The van der Waals surface area contributed by atoms with E-state index >= 15 is 0 Å². The minimum absolute atomic E-state index is 0.179. The molecule has 1 aromatic rings. The fraction of sp³-hybridized carbons (Fsp3) is 0.545. The molecule has 1 spiro atoms. The molecule has 1 saturated carbocycles. The Morgan fingerprint density at radius 3 is 2.41 bits per heavy atom. The summed E-state index contributed by atoms with van der Waals surface area (Å²) in [4.78, 5) is 38.7. The monoisotopic (exact) mass is 396 g/mol. The minimum atomic E-state index is -0.855. The Kier molecular flexibility index (Phi) is 5.65. The molecule has 1 heterocycles. The molecule has 0 atom stereocenters. The van der Waals surface area contributed by atoms with Crippen molar-refractivity contribution in [3.8, 4) is 6.07 Å². The lowest BCUT2D eigenvalue weighted by Crippen LogP contribution is -2.51. The molecule has 29 heavy (non-hydrogen) atoms. The van der Waals surface area contributed by atoms with E-state index in [1.807, 2.05) is 6.07 Å². The number of hydrogen-bond acceptors (Lipinski definition) is 4. The molecule has 154 valence electrons. The van der Waals surface area contributed by atoms with Gasteiger partial charge in [-0.05, 0) is 54.7 Å². The molecule has 1 aromatic carbocycles.